The summed E-state index contributed by atoms with van der Waals surface area (Å²) in [5, 5.41) is 2.81. The Morgan fingerprint density at radius 1 is 1.03 bits per heavy atom. The van der Waals surface area contributed by atoms with Gasteiger partial charge in [-0.1, -0.05) is 18.2 Å². The van der Waals surface area contributed by atoms with Gasteiger partial charge in [0.25, 0.3) is 5.91 Å². The van der Waals surface area contributed by atoms with Crippen molar-refractivity contribution in [2.45, 2.75) is 12.5 Å². The number of nitrogens with one attached hydrogen (secondary N) is 1. The fourth-order valence-electron chi connectivity index (χ4n) is 3.32. The van der Waals surface area contributed by atoms with Crippen molar-refractivity contribution in [1.82, 2.24) is 9.88 Å². The van der Waals surface area contributed by atoms with Gasteiger partial charge in [0.05, 0.1) is 20.6 Å². The summed E-state index contributed by atoms with van der Waals surface area (Å²) in [6.45, 7) is 0.333. The van der Waals surface area contributed by atoms with Gasteiger partial charge >= 0.3 is 0 Å². The summed E-state index contributed by atoms with van der Waals surface area (Å²) in [5.41, 5.74) is 9.11. The molecule has 2 aromatic carbocycles. The van der Waals surface area contributed by atoms with E-state index in [1.807, 2.05) is 6.07 Å². The Hall–Kier alpha value is -3.91. The van der Waals surface area contributed by atoms with E-state index in [-0.39, 0.29) is 18.2 Å². The number of carbonyl (C=O) groups excluding carboxylic acids is 2. The number of nitrogens with zero attached hydrogens (tertiary/aromatic N) is 2. The fourth-order valence-corrected chi connectivity index (χ4v) is 3.32. The number of anilines is 1. The Kier molecular flexibility index (Phi) is 7.99. The highest BCUT2D eigenvalue weighted by Crippen LogP contribution is 2.25. The van der Waals surface area contributed by atoms with E-state index < -0.39 is 6.04 Å². The van der Waals surface area contributed by atoms with Crippen LogP contribution in [0.25, 0.3) is 0 Å². The molecule has 0 saturated carbocycles. The molecule has 0 spiro atoms. The van der Waals surface area contributed by atoms with Crippen LogP contribution in [-0.4, -0.2) is 49.5 Å². The average molecular weight is 449 g/mol. The number of likely N-dealkylation sites (N-methyl/N-ethyl adjacent to an activating group) is 1. The molecule has 0 bridgehead atoms. The first kappa shape index (κ1) is 23.7. The highest BCUT2D eigenvalue weighted by atomic mass is 16.5. The van der Waals surface area contributed by atoms with Gasteiger partial charge in [-0.2, -0.15) is 0 Å². The van der Waals surface area contributed by atoms with E-state index in [2.05, 4.69) is 10.3 Å². The molecule has 0 aliphatic carbocycles. The van der Waals surface area contributed by atoms with Crippen LogP contribution in [0.4, 0.5) is 5.69 Å². The zero-order chi connectivity index (χ0) is 23.8. The Balaban J connectivity index is 1.58. The minimum absolute atomic E-state index is 0.0812. The highest BCUT2D eigenvalue weighted by molar-refractivity contribution is 6.04. The molecule has 0 aliphatic heterocycles. The minimum Gasteiger partial charge on any atom is -0.497 e. The summed E-state index contributed by atoms with van der Waals surface area (Å²) in [7, 11) is 4.85. The van der Waals surface area contributed by atoms with Crippen LogP contribution in [0, 0.1) is 0 Å². The van der Waals surface area contributed by atoms with E-state index in [0.29, 0.717) is 29.3 Å². The Morgan fingerprint density at radius 3 is 2.36 bits per heavy atom. The standard InChI is InChI=1S/C25H28N4O4/c1-29(24(30)14-19-8-9-21(32-2)15-23(19)33-3)16-22(26)17-4-6-18(7-5-17)25(31)28-20-10-12-27-13-11-20/h4-13,15,22H,14,16,26H2,1-3H3,(H,27,28,31). The van der Waals surface area contributed by atoms with Crippen LogP contribution in [0.1, 0.15) is 27.5 Å². The summed E-state index contributed by atoms with van der Waals surface area (Å²) in [5.74, 6) is 0.960. The van der Waals surface area contributed by atoms with Gasteiger partial charge in [-0.15, -0.1) is 0 Å². The molecule has 2 amide bonds. The third kappa shape index (κ3) is 6.30. The first-order chi connectivity index (χ1) is 15.9. The Bertz CT molecular complexity index is 1090. The van der Waals surface area contributed by atoms with Crippen molar-refractivity contribution in [3.63, 3.8) is 0 Å². The zero-order valence-corrected chi connectivity index (χ0v) is 18.9. The van der Waals surface area contributed by atoms with Crippen molar-refractivity contribution in [2.75, 3.05) is 33.1 Å². The number of hydrogen-bond acceptors (Lipinski definition) is 6. The van der Waals surface area contributed by atoms with Crippen LogP contribution in [-0.2, 0) is 11.2 Å². The van der Waals surface area contributed by atoms with Crippen LogP contribution in [0.5, 0.6) is 11.5 Å². The monoisotopic (exact) mass is 448 g/mol. The average Bonchev–Trinajstić information content (AvgIpc) is 2.84. The van der Waals surface area contributed by atoms with Crippen LogP contribution < -0.4 is 20.5 Å². The molecule has 0 saturated heterocycles. The van der Waals surface area contributed by atoms with Gasteiger partial charge in [0.1, 0.15) is 11.5 Å². The molecule has 1 heterocycles. The van der Waals surface area contributed by atoms with Crippen molar-refractivity contribution in [3.05, 3.63) is 83.7 Å². The van der Waals surface area contributed by atoms with Crippen molar-refractivity contribution >= 4 is 17.5 Å². The van der Waals surface area contributed by atoms with E-state index >= 15 is 0 Å². The molecule has 0 radical (unpaired) electrons. The van der Waals surface area contributed by atoms with Gasteiger partial charge in [0, 0.05) is 54.9 Å². The molecule has 0 aliphatic rings. The maximum Gasteiger partial charge on any atom is 0.255 e. The number of nitrogens with two attached hydrogens (primary N) is 1. The smallest absolute Gasteiger partial charge is 0.255 e. The maximum absolute atomic E-state index is 12.7. The number of aromatic nitrogens is 1. The first-order valence-electron chi connectivity index (χ1n) is 10.4. The summed E-state index contributed by atoms with van der Waals surface area (Å²) < 4.78 is 10.6. The number of methoxy groups -OCH3 is 2. The number of pyridine rings is 1. The second-order valence-electron chi connectivity index (χ2n) is 7.55. The molecule has 0 fully saturated rings. The molecule has 1 unspecified atom stereocenters. The van der Waals surface area contributed by atoms with Gasteiger partial charge < -0.3 is 25.4 Å². The van der Waals surface area contributed by atoms with Gasteiger partial charge in [-0.05, 0) is 35.9 Å². The lowest BCUT2D eigenvalue weighted by molar-refractivity contribution is -0.129. The molecule has 8 nitrogen and oxygen atoms in total. The highest BCUT2D eigenvalue weighted by Gasteiger charge is 2.17. The SMILES string of the molecule is COc1ccc(CC(=O)N(C)CC(N)c2ccc(C(=O)Nc3ccncc3)cc2)c(OC)c1. The normalized spacial score (nSPS) is 11.4. The molecule has 3 N–H and O–H groups in total. The molecule has 1 atom stereocenters. The van der Waals surface area contributed by atoms with Crippen LogP contribution in [0.3, 0.4) is 0 Å². The topological polar surface area (TPSA) is 107 Å². The summed E-state index contributed by atoms with van der Waals surface area (Å²) in [6, 6.07) is 15.4. The lowest BCUT2D eigenvalue weighted by Gasteiger charge is -2.22. The molecule has 3 aromatic rings. The number of carbonyl (C=O) groups is 2. The lowest BCUT2D eigenvalue weighted by atomic mass is 10.0. The van der Waals surface area contributed by atoms with E-state index in [1.54, 1.807) is 87.1 Å². The summed E-state index contributed by atoms with van der Waals surface area (Å²) in [6.07, 6.45) is 3.41. The van der Waals surface area contributed by atoms with Crippen molar-refractivity contribution < 1.29 is 19.1 Å². The predicted octanol–water partition coefficient (Wildman–Crippen LogP) is 3.05. The molecule has 33 heavy (non-hydrogen) atoms. The maximum atomic E-state index is 12.7. The molecular formula is C25H28N4O4. The third-order valence-corrected chi connectivity index (χ3v) is 5.27. The van der Waals surface area contributed by atoms with Crippen molar-refractivity contribution in [3.8, 4) is 11.5 Å². The van der Waals surface area contributed by atoms with E-state index in [1.165, 1.54) is 0 Å². The van der Waals surface area contributed by atoms with Gasteiger partial charge in [-0.25, -0.2) is 0 Å². The molecule has 172 valence electrons. The zero-order valence-electron chi connectivity index (χ0n) is 18.9. The summed E-state index contributed by atoms with van der Waals surface area (Å²) >= 11 is 0. The molecule has 8 heteroatoms. The second kappa shape index (κ2) is 11.1. The van der Waals surface area contributed by atoms with Gasteiger partial charge in [0.15, 0.2) is 0 Å². The minimum atomic E-state index is -0.394. The number of hydrogen-bond donors (Lipinski definition) is 2. The molecular weight excluding hydrogens is 420 g/mol. The van der Waals surface area contributed by atoms with E-state index in [4.69, 9.17) is 15.2 Å². The fraction of sp³-hybridized carbons (Fsp3) is 0.240. The second-order valence-corrected chi connectivity index (χ2v) is 7.55. The lowest BCUT2D eigenvalue weighted by Crippen LogP contribution is -2.35. The molecule has 1 aromatic heterocycles. The van der Waals surface area contributed by atoms with Gasteiger partial charge in [-0.3, -0.25) is 14.6 Å². The first-order valence-corrected chi connectivity index (χ1v) is 10.4. The van der Waals surface area contributed by atoms with Crippen molar-refractivity contribution in [2.24, 2.45) is 5.73 Å². The quantitative estimate of drug-likeness (QED) is 0.521. The Labute approximate surface area is 193 Å². The van der Waals surface area contributed by atoms with Crippen LogP contribution >= 0.6 is 0 Å². The largest absolute Gasteiger partial charge is 0.497 e. The van der Waals surface area contributed by atoms with Crippen LogP contribution in [0.2, 0.25) is 0 Å². The van der Waals surface area contributed by atoms with Gasteiger partial charge in [0.2, 0.25) is 5.91 Å². The number of amides is 2. The van der Waals surface area contributed by atoms with Crippen molar-refractivity contribution in [1.29, 1.82) is 0 Å². The van der Waals surface area contributed by atoms with Crippen LogP contribution in [0.15, 0.2) is 67.0 Å². The number of benzene rings is 2. The van der Waals surface area contributed by atoms with E-state index in [0.717, 1.165) is 11.1 Å². The number of ether oxygens (including phenoxy) is 2. The van der Waals surface area contributed by atoms with E-state index in [9.17, 15) is 9.59 Å². The Morgan fingerprint density at radius 2 is 1.73 bits per heavy atom. The predicted molar refractivity (Wildman–Crippen MR) is 126 cm³/mol. The summed E-state index contributed by atoms with van der Waals surface area (Å²) in [4.78, 5) is 30.7. The number of rotatable bonds is 9. The third-order valence-electron chi connectivity index (χ3n) is 5.27. The molecule has 3 rings (SSSR count).